The van der Waals surface area contributed by atoms with Crippen LogP contribution in [-0.4, -0.2) is 19.7 Å². The molecule has 0 aliphatic carbocycles. The summed E-state index contributed by atoms with van der Waals surface area (Å²) in [6.07, 6.45) is 2.86. The molecule has 27 heavy (non-hydrogen) atoms. The Balaban J connectivity index is 2.15. The van der Waals surface area contributed by atoms with Crippen molar-refractivity contribution in [2.45, 2.75) is 6.61 Å². The highest BCUT2D eigenvalue weighted by Gasteiger charge is 2.11. The maximum absolute atomic E-state index is 11.8. The zero-order valence-corrected chi connectivity index (χ0v) is 15.5. The predicted octanol–water partition coefficient (Wildman–Crippen LogP) is 4.56. The van der Waals surface area contributed by atoms with Crippen molar-refractivity contribution >= 4 is 23.6 Å². The summed E-state index contributed by atoms with van der Waals surface area (Å²) in [6, 6.07) is 14.3. The van der Waals surface area contributed by atoms with Crippen molar-refractivity contribution in [3.8, 4) is 17.6 Å². The molecule has 0 aliphatic heterocycles. The molecule has 0 atom stereocenters. The lowest BCUT2D eigenvalue weighted by molar-refractivity contribution is -0.137. The molecular weight excluding hydrogens is 366 g/mol. The predicted molar refractivity (Wildman–Crippen MR) is 104 cm³/mol. The van der Waals surface area contributed by atoms with Gasteiger partial charge in [0.1, 0.15) is 24.9 Å². The molecule has 6 heteroatoms. The van der Waals surface area contributed by atoms with Crippen molar-refractivity contribution in [1.82, 2.24) is 0 Å². The third kappa shape index (κ3) is 5.91. The molecule has 0 radical (unpaired) electrons. The molecule has 2 rings (SSSR count). The van der Waals surface area contributed by atoms with Gasteiger partial charge in [0.25, 0.3) is 0 Å². The van der Waals surface area contributed by atoms with Gasteiger partial charge < -0.3 is 14.2 Å². The summed E-state index contributed by atoms with van der Waals surface area (Å²) in [5, 5.41) is 9.82. The lowest BCUT2D eigenvalue weighted by Crippen LogP contribution is -2.06. The van der Waals surface area contributed by atoms with E-state index in [-0.39, 0.29) is 12.2 Å². The van der Waals surface area contributed by atoms with Gasteiger partial charge in [-0.05, 0) is 41.5 Å². The van der Waals surface area contributed by atoms with E-state index >= 15 is 0 Å². The van der Waals surface area contributed by atoms with Gasteiger partial charge in [-0.15, -0.1) is 0 Å². The first-order valence-corrected chi connectivity index (χ1v) is 8.40. The summed E-state index contributed by atoms with van der Waals surface area (Å²) in [5.41, 5.74) is 1.45. The molecule has 0 aliphatic rings. The fourth-order valence-corrected chi connectivity index (χ4v) is 2.28. The minimum absolute atomic E-state index is 0.0403. The first-order valence-electron chi connectivity index (χ1n) is 8.02. The van der Waals surface area contributed by atoms with Crippen LogP contribution in [-0.2, 0) is 16.1 Å². The largest absolute Gasteiger partial charge is 0.493 e. The molecule has 0 N–H and O–H groups in total. The van der Waals surface area contributed by atoms with E-state index in [1.807, 2.05) is 18.2 Å². The molecule has 0 spiro atoms. The highest BCUT2D eigenvalue weighted by molar-refractivity contribution is 6.30. The average molecular weight is 384 g/mol. The highest BCUT2D eigenvalue weighted by atomic mass is 35.5. The molecule has 0 saturated heterocycles. The summed E-state index contributed by atoms with van der Waals surface area (Å²) in [4.78, 5) is 11.8. The fourth-order valence-electron chi connectivity index (χ4n) is 2.15. The van der Waals surface area contributed by atoms with Crippen LogP contribution in [0, 0.1) is 11.3 Å². The molecule has 0 bridgehead atoms. The number of hydrogen-bond donors (Lipinski definition) is 0. The summed E-state index contributed by atoms with van der Waals surface area (Å²) < 4.78 is 16.0. The Kier molecular flexibility index (Phi) is 7.48. The van der Waals surface area contributed by atoms with E-state index in [1.54, 1.807) is 30.3 Å². The van der Waals surface area contributed by atoms with Crippen molar-refractivity contribution < 1.29 is 19.0 Å². The Morgan fingerprint density at radius 1 is 1.22 bits per heavy atom. The van der Waals surface area contributed by atoms with Crippen molar-refractivity contribution in [2.75, 3.05) is 13.7 Å². The number of esters is 1. The third-order valence-corrected chi connectivity index (χ3v) is 3.73. The normalized spacial score (nSPS) is 10.6. The van der Waals surface area contributed by atoms with E-state index in [9.17, 15) is 4.79 Å². The van der Waals surface area contributed by atoms with Gasteiger partial charge >= 0.3 is 5.97 Å². The summed E-state index contributed by atoms with van der Waals surface area (Å²) >= 11 is 5.87. The van der Waals surface area contributed by atoms with Crippen molar-refractivity contribution in [3.05, 3.63) is 76.8 Å². The van der Waals surface area contributed by atoms with Gasteiger partial charge in [0.15, 0.2) is 11.5 Å². The van der Waals surface area contributed by atoms with Gasteiger partial charge in [-0.1, -0.05) is 42.5 Å². The van der Waals surface area contributed by atoms with Crippen molar-refractivity contribution in [3.63, 3.8) is 0 Å². The van der Waals surface area contributed by atoms with Crippen LogP contribution >= 0.6 is 11.6 Å². The van der Waals surface area contributed by atoms with Crippen molar-refractivity contribution in [2.24, 2.45) is 0 Å². The monoisotopic (exact) mass is 383 g/mol. The maximum Gasteiger partial charge on any atom is 0.349 e. The Labute approximate surface area is 163 Å². The first-order chi connectivity index (χ1) is 13.1. The Bertz CT molecular complexity index is 882. The number of ether oxygens (including phenoxy) is 3. The Hall–Kier alpha value is -3.23. The minimum Gasteiger partial charge on any atom is -0.493 e. The fraction of sp³-hybridized carbons (Fsp3) is 0.143. The van der Waals surface area contributed by atoms with Crippen LogP contribution in [0.4, 0.5) is 0 Å². The third-order valence-electron chi connectivity index (χ3n) is 3.48. The minimum atomic E-state index is -0.709. The van der Waals surface area contributed by atoms with Gasteiger partial charge in [-0.3, -0.25) is 0 Å². The molecule has 0 fully saturated rings. The molecule has 2 aromatic carbocycles. The first kappa shape index (κ1) is 20.1. The zero-order valence-electron chi connectivity index (χ0n) is 14.8. The molecule has 0 aromatic heterocycles. The van der Waals surface area contributed by atoms with Gasteiger partial charge in [-0.25, -0.2) is 4.79 Å². The number of halogens is 1. The number of hydrogen-bond acceptors (Lipinski definition) is 5. The van der Waals surface area contributed by atoms with Crippen LogP contribution < -0.4 is 9.47 Å². The molecule has 0 unspecified atom stereocenters. The van der Waals surface area contributed by atoms with Crippen LogP contribution in [0.3, 0.4) is 0 Å². The topological polar surface area (TPSA) is 68.6 Å². The molecule has 5 nitrogen and oxygen atoms in total. The SMILES string of the molecule is C=CCOC(=O)/C(C#N)=C/c1ccc(OCc2ccc(Cl)cc2)c(OC)c1. The molecule has 0 heterocycles. The zero-order chi connectivity index (χ0) is 19.6. The van der Waals surface area contributed by atoms with Gasteiger partial charge in [0.2, 0.25) is 0 Å². The van der Waals surface area contributed by atoms with E-state index in [1.165, 1.54) is 19.3 Å². The van der Waals surface area contributed by atoms with Crippen LogP contribution in [0.1, 0.15) is 11.1 Å². The number of carbonyl (C=O) groups excluding carboxylic acids is 1. The van der Waals surface area contributed by atoms with Crippen LogP contribution in [0.25, 0.3) is 6.08 Å². The van der Waals surface area contributed by atoms with E-state index < -0.39 is 5.97 Å². The standard InChI is InChI=1S/C21H18ClNO4/c1-3-10-26-21(24)17(13-23)11-16-6-9-19(20(12-16)25-2)27-14-15-4-7-18(22)8-5-15/h3-9,11-12H,1,10,14H2,2H3/b17-11+. The van der Waals surface area contributed by atoms with E-state index in [2.05, 4.69) is 6.58 Å². The molecular formula is C21H18ClNO4. The maximum atomic E-state index is 11.8. The van der Waals surface area contributed by atoms with Gasteiger partial charge in [-0.2, -0.15) is 5.26 Å². The Morgan fingerprint density at radius 2 is 1.96 bits per heavy atom. The number of nitrogens with zero attached hydrogens (tertiary/aromatic N) is 1. The number of benzene rings is 2. The number of rotatable bonds is 8. The molecule has 0 amide bonds. The molecule has 0 saturated carbocycles. The van der Waals surface area contributed by atoms with Gasteiger partial charge in [0.05, 0.1) is 7.11 Å². The second kappa shape index (κ2) is 10.0. The van der Waals surface area contributed by atoms with Gasteiger partial charge in [0, 0.05) is 5.02 Å². The smallest absolute Gasteiger partial charge is 0.349 e. The summed E-state index contributed by atoms with van der Waals surface area (Å²) in [7, 11) is 1.52. The van der Waals surface area contributed by atoms with Crippen LogP contribution in [0.15, 0.2) is 60.7 Å². The van der Waals surface area contributed by atoms with E-state index in [0.717, 1.165) is 5.56 Å². The second-order valence-corrected chi connectivity index (χ2v) is 5.82. The van der Waals surface area contributed by atoms with E-state index in [0.29, 0.717) is 28.7 Å². The summed E-state index contributed by atoms with van der Waals surface area (Å²) in [5.74, 6) is 0.311. The quantitative estimate of drug-likeness (QED) is 0.289. The highest BCUT2D eigenvalue weighted by Crippen LogP contribution is 2.30. The average Bonchev–Trinajstić information content (AvgIpc) is 2.70. The number of carbonyl (C=O) groups is 1. The van der Waals surface area contributed by atoms with Crippen LogP contribution in [0.5, 0.6) is 11.5 Å². The number of methoxy groups -OCH3 is 1. The van der Waals surface area contributed by atoms with Crippen molar-refractivity contribution in [1.29, 1.82) is 5.26 Å². The lowest BCUT2D eigenvalue weighted by atomic mass is 10.1. The van der Waals surface area contributed by atoms with E-state index in [4.69, 9.17) is 31.1 Å². The lowest BCUT2D eigenvalue weighted by Gasteiger charge is -2.11. The number of nitriles is 1. The summed E-state index contributed by atoms with van der Waals surface area (Å²) in [6.45, 7) is 3.85. The second-order valence-electron chi connectivity index (χ2n) is 5.38. The molecule has 2 aromatic rings. The molecule has 138 valence electrons. The Morgan fingerprint density at radius 3 is 2.59 bits per heavy atom. The van der Waals surface area contributed by atoms with Crippen LogP contribution in [0.2, 0.25) is 5.02 Å².